The van der Waals surface area contributed by atoms with Gasteiger partial charge in [-0.1, -0.05) is 55.5 Å². The van der Waals surface area contributed by atoms with Crippen LogP contribution in [0.1, 0.15) is 24.0 Å². The smallest absolute Gasteiger partial charge is 0.407 e. The molecule has 1 fully saturated rings. The van der Waals surface area contributed by atoms with Gasteiger partial charge in [-0.25, -0.2) is 4.79 Å². The van der Waals surface area contributed by atoms with Crippen LogP contribution in [-0.4, -0.2) is 44.5 Å². The molecule has 1 amide bonds. The van der Waals surface area contributed by atoms with Gasteiger partial charge in [-0.2, -0.15) is 0 Å². The van der Waals surface area contributed by atoms with Crippen molar-refractivity contribution in [2.45, 2.75) is 24.9 Å². The Bertz CT molecular complexity index is 747. The van der Waals surface area contributed by atoms with E-state index in [0.29, 0.717) is 19.8 Å². The third-order valence-electron chi connectivity index (χ3n) is 5.19. The highest BCUT2D eigenvalue weighted by Gasteiger charge is 2.31. The molecule has 0 aromatic heterocycles. The molecule has 0 radical (unpaired) electrons. The van der Waals surface area contributed by atoms with Gasteiger partial charge in [0.15, 0.2) is 0 Å². The molecule has 2 N–H and O–H groups in total. The van der Waals surface area contributed by atoms with E-state index in [-0.39, 0.29) is 24.1 Å². The van der Waals surface area contributed by atoms with Crippen molar-refractivity contribution in [1.29, 1.82) is 0 Å². The number of amides is 1. The van der Waals surface area contributed by atoms with Crippen LogP contribution in [0.4, 0.5) is 4.79 Å². The predicted molar refractivity (Wildman–Crippen MR) is 100 cm³/mol. The number of fused-ring (bicyclic) bond motifs is 3. The van der Waals surface area contributed by atoms with Crippen LogP contribution in [0.2, 0.25) is 0 Å². The molecule has 1 heterocycles. The number of hydrogen-bond acceptors (Lipinski definition) is 4. The molecule has 4 rings (SSSR count). The fourth-order valence-electron chi connectivity index (χ4n) is 3.95. The highest BCUT2D eigenvalue weighted by molar-refractivity contribution is 5.79. The van der Waals surface area contributed by atoms with E-state index in [9.17, 15) is 4.79 Å². The summed E-state index contributed by atoms with van der Waals surface area (Å²) < 4.78 is 11.1. The van der Waals surface area contributed by atoms with Crippen molar-refractivity contribution in [3.63, 3.8) is 0 Å². The standard InChI is InChI=1S/C21H24N2O3/c1-2-22-19-12-25-13-20(19)23-21(24)26-11-18-16-9-5-3-7-14(16)15-8-4-6-10-17(15)18/h3-10,18-20,22H,2,11-13H2,1H3,(H,23,24)/t19-,20-/m0/s1. The highest BCUT2D eigenvalue weighted by Crippen LogP contribution is 2.44. The van der Waals surface area contributed by atoms with E-state index < -0.39 is 0 Å². The maximum Gasteiger partial charge on any atom is 0.407 e. The number of hydrogen-bond donors (Lipinski definition) is 2. The summed E-state index contributed by atoms with van der Waals surface area (Å²) in [6, 6.07) is 16.8. The van der Waals surface area contributed by atoms with E-state index in [1.807, 2.05) is 31.2 Å². The molecular formula is C21H24N2O3. The largest absolute Gasteiger partial charge is 0.449 e. The first-order chi connectivity index (χ1) is 12.8. The quantitative estimate of drug-likeness (QED) is 0.869. The monoisotopic (exact) mass is 352 g/mol. The summed E-state index contributed by atoms with van der Waals surface area (Å²) in [7, 11) is 0. The van der Waals surface area contributed by atoms with E-state index in [4.69, 9.17) is 9.47 Å². The van der Waals surface area contributed by atoms with E-state index >= 15 is 0 Å². The molecule has 1 aliphatic heterocycles. The number of benzene rings is 2. The topological polar surface area (TPSA) is 59.6 Å². The van der Waals surface area contributed by atoms with Crippen LogP contribution in [0.5, 0.6) is 0 Å². The molecule has 5 nitrogen and oxygen atoms in total. The van der Waals surface area contributed by atoms with Gasteiger partial charge in [0, 0.05) is 5.92 Å². The van der Waals surface area contributed by atoms with Crippen molar-refractivity contribution in [3.8, 4) is 11.1 Å². The zero-order valence-electron chi connectivity index (χ0n) is 14.9. The highest BCUT2D eigenvalue weighted by atomic mass is 16.5. The normalized spacial score (nSPS) is 21.3. The third kappa shape index (κ3) is 3.20. The van der Waals surface area contributed by atoms with Crippen LogP contribution in [0.15, 0.2) is 48.5 Å². The molecule has 2 aromatic rings. The maximum atomic E-state index is 12.3. The molecule has 1 aliphatic carbocycles. The summed E-state index contributed by atoms with van der Waals surface area (Å²) in [5, 5.41) is 6.26. The first-order valence-corrected chi connectivity index (χ1v) is 9.20. The van der Waals surface area contributed by atoms with Gasteiger partial charge in [-0.3, -0.25) is 0 Å². The number of carbonyl (C=O) groups excluding carboxylic acids is 1. The number of alkyl carbamates (subject to hydrolysis) is 1. The van der Waals surface area contributed by atoms with Crippen LogP contribution >= 0.6 is 0 Å². The molecule has 26 heavy (non-hydrogen) atoms. The molecule has 2 atom stereocenters. The molecular weight excluding hydrogens is 328 g/mol. The van der Waals surface area contributed by atoms with Crippen LogP contribution in [0.25, 0.3) is 11.1 Å². The van der Waals surface area contributed by atoms with Gasteiger partial charge < -0.3 is 20.1 Å². The molecule has 0 bridgehead atoms. The van der Waals surface area contributed by atoms with Crippen LogP contribution in [0, 0.1) is 0 Å². The first-order valence-electron chi connectivity index (χ1n) is 9.20. The summed E-state index contributed by atoms with van der Waals surface area (Å²) in [6.07, 6.45) is -0.384. The van der Waals surface area contributed by atoms with Crippen molar-refractivity contribution in [1.82, 2.24) is 10.6 Å². The van der Waals surface area contributed by atoms with Gasteiger partial charge in [0.25, 0.3) is 0 Å². The second-order valence-electron chi connectivity index (χ2n) is 6.78. The zero-order valence-corrected chi connectivity index (χ0v) is 14.9. The SMILES string of the molecule is CCN[C@H]1COC[C@@H]1NC(=O)OCC1c2ccccc2-c2ccccc21. The molecule has 1 saturated heterocycles. The van der Waals surface area contributed by atoms with Gasteiger partial charge in [0.1, 0.15) is 6.61 Å². The van der Waals surface area contributed by atoms with Gasteiger partial charge in [-0.05, 0) is 28.8 Å². The van der Waals surface area contributed by atoms with E-state index in [0.717, 1.165) is 6.54 Å². The second kappa shape index (κ2) is 7.48. The summed E-state index contributed by atoms with van der Waals surface area (Å²) in [5.41, 5.74) is 4.90. The number of likely N-dealkylation sites (N-methyl/N-ethyl adjacent to an activating group) is 1. The minimum absolute atomic E-state index is 0.0504. The average Bonchev–Trinajstić information content (AvgIpc) is 3.23. The molecule has 2 aliphatic rings. The van der Waals surface area contributed by atoms with Crippen LogP contribution in [0.3, 0.4) is 0 Å². The Balaban J connectivity index is 1.42. The lowest BCUT2D eigenvalue weighted by molar-refractivity contribution is 0.135. The van der Waals surface area contributed by atoms with Crippen LogP contribution in [-0.2, 0) is 9.47 Å². The Hall–Kier alpha value is -2.37. The summed E-state index contributed by atoms with van der Waals surface area (Å²) in [4.78, 5) is 12.3. The Labute approximate surface area is 153 Å². The molecule has 0 spiro atoms. The third-order valence-corrected chi connectivity index (χ3v) is 5.19. The Morgan fingerprint density at radius 1 is 1.04 bits per heavy atom. The van der Waals surface area contributed by atoms with Crippen molar-refractivity contribution in [3.05, 3.63) is 59.7 Å². The fourth-order valence-corrected chi connectivity index (χ4v) is 3.95. The molecule has 0 saturated carbocycles. The van der Waals surface area contributed by atoms with E-state index in [1.54, 1.807) is 0 Å². The van der Waals surface area contributed by atoms with E-state index in [1.165, 1.54) is 22.3 Å². The molecule has 0 unspecified atom stereocenters. The van der Waals surface area contributed by atoms with Gasteiger partial charge >= 0.3 is 6.09 Å². The van der Waals surface area contributed by atoms with Gasteiger partial charge in [0.05, 0.1) is 25.3 Å². The Morgan fingerprint density at radius 3 is 2.31 bits per heavy atom. The summed E-state index contributed by atoms with van der Waals surface area (Å²) in [6.45, 7) is 4.35. The predicted octanol–water partition coefficient (Wildman–Crippen LogP) is 2.90. The number of ether oxygens (including phenoxy) is 2. The minimum Gasteiger partial charge on any atom is -0.449 e. The summed E-state index contributed by atoms with van der Waals surface area (Å²) in [5.74, 6) is 0.0811. The van der Waals surface area contributed by atoms with Crippen molar-refractivity contribution < 1.29 is 14.3 Å². The average molecular weight is 352 g/mol. The summed E-state index contributed by atoms with van der Waals surface area (Å²) >= 11 is 0. The Kier molecular flexibility index (Phi) is 4.91. The Morgan fingerprint density at radius 2 is 1.65 bits per heavy atom. The van der Waals surface area contributed by atoms with E-state index in [2.05, 4.69) is 34.9 Å². The van der Waals surface area contributed by atoms with Crippen molar-refractivity contribution in [2.75, 3.05) is 26.4 Å². The van der Waals surface area contributed by atoms with Gasteiger partial charge in [-0.15, -0.1) is 0 Å². The minimum atomic E-state index is -0.384. The van der Waals surface area contributed by atoms with Gasteiger partial charge in [0.2, 0.25) is 0 Å². The lowest BCUT2D eigenvalue weighted by Crippen LogP contribution is -2.49. The van der Waals surface area contributed by atoms with Crippen molar-refractivity contribution in [2.24, 2.45) is 0 Å². The molecule has 5 heteroatoms. The number of nitrogens with one attached hydrogen (secondary N) is 2. The number of rotatable bonds is 5. The van der Waals surface area contributed by atoms with Crippen LogP contribution < -0.4 is 10.6 Å². The first kappa shape index (κ1) is 17.1. The number of carbonyl (C=O) groups is 1. The second-order valence-corrected chi connectivity index (χ2v) is 6.78. The fraction of sp³-hybridized carbons (Fsp3) is 0.381. The van der Waals surface area contributed by atoms with Crippen molar-refractivity contribution >= 4 is 6.09 Å². The maximum absolute atomic E-state index is 12.3. The molecule has 136 valence electrons. The lowest BCUT2D eigenvalue weighted by atomic mass is 9.98. The molecule has 2 aromatic carbocycles. The zero-order chi connectivity index (χ0) is 17.9. The lowest BCUT2D eigenvalue weighted by Gasteiger charge is -2.20.